The second-order valence-corrected chi connectivity index (χ2v) is 4.15. The quantitative estimate of drug-likeness (QED) is 0.674. The Morgan fingerprint density at radius 3 is 2.57 bits per heavy atom. The maximum Gasteiger partial charge on any atom is 0.0212 e. The van der Waals surface area contributed by atoms with E-state index in [1.54, 1.807) is 0 Å². The summed E-state index contributed by atoms with van der Waals surface area (Å²) in [6, 6.07) is 8.42. The lowest BCUT2D eigenvalue weighted by Gasteiger charge is -1.99. The summed E-state index contributed by atoms with van der Waals surface area (Å²) in [7, 11) is 0. The van der Waals surface area contributed by atoms with Crippen LogP contribution in [-0.4, -0.2) is 6.54 Å². The van der Waals surface area contributed by atoms with E-state index in [0.717, 1.165) is 19.3 Å². The Bertz CT molecular complexity index is 336. The SMILES string of the molecule is NCCC#CCCc1ccccc1I. The molecule has 14 heavy (non-hydrogen) atoms. The number of benzene rings is 1. The highest BCUT2D eigenvalue weighted by molar-refractivity contribution is 14.1. The summed E-state index contributed by atoms with van der Waals surface area (Å²) in [4.78, 5) is 0. The molecule has 0 saturated carbocycles. The van der Waals surface area contributed by atoms with Crippen molar-refractivity contribution in [3.63, 3.8) is 0 Å². The third-order valence-corrected chi connectivity index (χ3v) is 2.92. The molecule has 0 radical (unpaired) electrons. The van der Waals surface area contributed by atoms with Crippen molar-refractivity contribution in [2.45, 2.75) is 19.3 Å². The fraction of sp³-hybridized carbons (Fsp3) is 0.333. The lowest BCUT2D eigenvalue weighted by atomic mass is 10.1. The van der Waals surface area contributed by atoms with Crippen LogP contribution in [0.4, 0.5) is 0 Å². The van der Waals surface area contributed by atoms with Crippen molar-refractivity contribution >= 4 is 22.6 Å². The van der Waals surface area contributed by atoms with Crippen LogP contribution in [0.2, 0.25) is 0 Å². The summed E-state index contributed by atoms with van der Waals surface area (Å²) in [5, 5.41) is 0. The van der Waals surface area contributed by atoms with E-state index < -0.39 is 0 Å². The first-order valence-electron chi connectivity index (χ1n) is 4.74. The normalized spacial score (nSPS) is 9.29. The van der Waals surface area contributed by atoms with E-state index in [9.17, 15) is 0 Å². The fourth-order valence-electron chi connectivity index (χ4n) is 1.15. The predicted molar refractivity (Wildman–Crippen MR) is 68.9 cm³/mol. The van der Waals surface area contributed by atoms with Gasteiger partial charge in [-0.05, 0) is 40.6 Å². The monoisotopic (exact) mass is 299 g/mol. The van der Waals surface area contributed by atoms with Crippen molar-refractivity contribution < 1.29 is 0 Å². The molecular formula is C12H14IN. The molecule has 0 heterocycles. The maximum atomic E-state index is 5.34. The van der Waals surface area contributed by atoms with Crippen LogP contribution in [0.25, 0.3) is 0 Å². The topological polar surface area (TPSA) is 26.0 Å². The fourth-order valence-corrected chi connectivity index (χ4v) is 1.80. The van der Waals surface area contributed by atoms with Gasteiger partial charge in [0.2, 0.25) is 0 Å². The predicted octanol–water partition coefficient (Wildman–Crippen LogP) is 2.58. The van der Waals surface area contributed by atoms with Gasteiger partial charge in [0.15, 0.2) is 0 Å². The van der Waals surface area contributed by atoms with Crippen LogP contribution in [0.3, 0.4) is 0 Å². The molecule has 2 heteroatoms. The Kier molecular flexibility index (Phi) is 5.65. The molecule has 0 aliphatic rings. The van der Waals surface area contributed by atoms with E-state index >= 15 is 0 Å². The number of hydrogen-bond acceptors (Lipinski definition) is 1. The highest BCUT2D eigenvalue weighted by Crippen LogP contribution is 2.12. The highest BCUT2D eigenvalue weighted by atomic mass is 127. The molecule has 1 nitrogen and oxygen atoms in total. The summed E-state index contributed by atoms with van der Waals surface area (Å²) in [6.07, 6.45) is 2.78. The van der Waals surface area contributed by atoms with Crippen LogP contribution < -0.4 is 5.73 Å². The molecular weight excluding hydrogens is 285 g/mol. The number of aryl methyl sites for hydroxylation is 1. The van der Waals surface area contributed by atoms with E-state index in [2.05, 4.69) is 58.7 Å². The van der Waals surface area contributed by atoms with Crippen LogP contribution in [0, 0.1) is 15.4 Å². The Hall–Kier alpha value is -0.530. The molecule has 74 valence electrons. The Morgan fingerprint density at radius 2 is 1.86 bits per heavy atom. The van der Waals surface area contributed by atoms with Crippen LogP contribution in [-0.2, 0) is 6.42 Å². The summed E-state index contributed by atoms with van der Waals surface area (Å²) in [5.74, 6) is 6.18. The Balaban J connectivity index is 2.40. The first kappa shape index (κ1) is 11.5. The minimum absolute atomic E-state index is 0.663. The third-order valence-electron chi connectivity index (χ3n) is 1.87. The molecule has 0 bridgehead atoms. The molecule has 1 aromatic carbocycles. The molecule has 0 aromatic heterocycles. The zero-order chi connectivity index (χ0) is 10.2. The van der Waals surface area contributed by atoms with Gasteiger partial charge in [-0.1, -0.05) is 18.2 Å². The van der Waals surface area contributed by atoms with Crippen LogP contribution in [0.5, 0.6) is 0 Å². The van der Waals surface area contributed by atoms with Gasteiger partial charge in [0, 0.05) is 23.0 Å². The molecule has 1 aromatic rings. The Morgan fingerprint density at radius 1 is 1.14 bits per heavy atom. The van der Waals surface area contributed by atoms with Gasteiger partial charge >= 0.3 is 0 Å². The minimum atomic E-state index is 0.663. The molecule has 0 aliphatic carbocycles. The second kappa shape index (κ2) is 6.86. The van der Waals surface area contributed by atoms with Crippen molar-refractivity contribution in [2.24, 2.45) is 5.73 Å². The van der Waals surface area contributed by atoms with E-state index in [-0.39, 0.29) is 0 Å². The van der Waals surface area contributed by atoms with Crippen molar-refractivity contribution in [2.75, 3.05) is 6.54 Å². The highest BCUT2D eigenvalue weighted by Gasteiger charge is 1.95. The van der Waals surface area contributed by atoms with E-state index in [1.807, 2.05) is 0 Å². The van der Waals surface area contributed by atoms with Gasteiger partial charge < -0.3 is 5.73 Å². The number of nitrogens with two attached hydrogens (primary N) is 1. The van der Waals surface area contributed by atoms with E-state index in [0.29, 0.717) is 6.54 Å². The molecule has 0 atom stereocenters. The van der Waals surface area contributed by atoms with Crippen LogP contribution in [0.1, 0.15) is 18.4 Å². The smallest absolute Gasteiger partial charge is 0.0212 e. The van der Waals surface area contributed by atoms with Gasteiger partial charge in [-0.15, -0.1) is 11.8 Å². The second-order valence-electron chi connectivity index (χ2n) is 2.98. The summed E-state index contributed by atoms with van der Waals surface area (Å²) >= 11 is 2.36. The number of rotatable bonds is 3. The molecule has 1 rings (SSSR count). The van der Waals surface area contributed by atoms with Gasteiger partial charge in [-0.25, -0.2) is 0 Å². The van der Waals surface area contributed by atoms with Crippen molar-refractivity contribution in [3.05, 3.63) is 33.4 Å². The van der Waals surface area contributed by atoms with Crippen molar-refractivity contribution in [1.82, 2.24) is 0 Å². The van der Waals surface area contributed by atoms with E-state index in [4.69, 9.17) is 5.73 Å². The van der Waals surface area contributed by atoms with Gasteiger partial charge in [-0.3, -0.25) is 0 Å². The molecule has 0 fully saturated rings. The average Bonchev–Trinajstić information content (AvgIpc) is 2.20. The van der Waals surface area contributed by atoms with Gasteiger partial charge in [0.05, 0.1) is 0 Å². The molecule has 0 spiro atoms. The molecule has 0 aliphatic heterocycles. The van der Waals surface area contributed by atoms with Crippen molar-refractivity contribution in [1.29, 1.82) is 0 Å². The zero-order valence-electron chi connectivity index (χ0n) is 8.09. The largest absolute Gasteiger partial charge is 0.330 e. The molecule has 2 N–H and O–H groups in total. The summed E-state index contributed by atoms with van der Waals surface area (Å²) < 4.78 is 1.32. The van der Waals surface area contributed by atoms with Gasteiger partial charge in [-0.2, -0.15) is 0 Å². The third kappa shape index (κ3) is 4.12. The minimum Gasteiger partial charge on any atom is -0.330 e. The Labute approximate surface area is 99.2 Å². The van der Waals surface area contributed by atoms with Crippen LogP contribution >= 0.6 is 22.6 Å². The summed E-state index contributed by atoms with van der Waals surface area (Å²) in [5.41, 5.74) is 6.73. The number of hydrogen-bond donors (Lipinski definition) is 1. The van der Waals surface area contributed by atoms with Gasteiger partial charge in [0.25, 0.3) is 0 Å². The average molecular weight is 299 g/mol. The molecule has 0 saturated heterocycles. The lowest BCUT2D eigenvalue weighted by molar-refractivity contribution is 1.00. The zero-order valence-corrected chi connectivity index (χ0v) is 10.3. The number of halogens is 1. The van der Waals surface area contributed by atoms with Crippen LogP contribution in [0.15, 0.2) is 24.3 Å². The first-order chi connectivity index (χ1) is 6.84. The summed E-state index contributed by atoms with van der Waals surface area (Å²) in [6.45, 7) is 0.663. The van der Waals surface area contributed by atoms with E-state index in [1.165, 1.54) is 9.13 Å². The van der Waals surface area contributed by atoms with Crippen molar-refractivity contribution in [3.8, 4) is 11.8 Å². The van der Waals surface area contributed by atoms with Gasteiger partial charge in [0.1, 0.15) is 0 Å². The first-order valence-corrected chi connectivity index (χ1v) is 5.81. The maximum absolute atomic E-state index is 5.34. The molecule has 0 amide bonds. The molecule has 0 unspecified atom stereocenters. The standard InChI is InChI=1S/C12H14IN/c13-12-9-5-4-8-11(12)7-3-1-2-6-10-14/h4-5,8-9H,3,6-7,10,14H2. The lowest BCUT2D eigenvalue weighted by Crippen LogP contribution is -1.95.